The lowest BCUT2D eigenvalue weighted by molar-refractivity contribution is 0.131. The lowest BCUT2D eigenvalue weighted by atomic mass is 10.0. The van der Waals surface area contributed by atoms with Gasteiger partial charge < -0.3 is 16.6 Å². The van der Waals surface area contributed by atoms with Crippen LogP contribution in [0.15, 0.2) is 0 Å². The van der Waals surface area contributed by atoms with Gasteiger partial charge in [0.25, 0.3) is 0 Å². The molecule has 0 heterocycles. The van der Waals surface area contributed by atoms with Gasteiger partial charge in [0.05, 0.1) is 0 Å². The van der Waals surface area contributed by atoms with Crippen LogP contribution in [0, 0.1) is 5.92 Å². The molecule has 0 rings (SSSR count). The highest BCUT2D eigenvalue weighted by atomic mass is 16.3. The van der Waals surface area contributed by atoms with E-state index in [4.69, 9.17) is 16.6 Å². The quantitative estimate of drug-likeness (QED) is 0.418. The molecule has 3 nitrogen and oxygen atoms in total. The van der Waals surface area contributed by atoms with Gasteiger partial charge in [-0.05, 0) is 5.92 Å². The molecule has 0 bridgehead atoms. The van der Waals surface area contributed by atoms with Crippen LogP contribution in [-0.2, 0) is 0 Å². The van der Waals surface area contributed by atoms with E-state index in [1.54, 1.807) is 0 Å². The van der Waals surface area contributed by atoms with Crippen molar-refractivity contribution in [3.05, 3.63) is 0 Å². The van der Waals surface area contributed by atoms with Gasteiger partial charge >= 0.3 is 0 Å². The minimum atomic E-state index is -0.880. The number of rotatable bonds is 2. The Kier molecular flexibility index (Phi) is 2.97. The van der Waals surface area contributed by atoms with Crippen molar-refractivity contribution < 1.29 is 5.11 Å². The summed E-state index contributed by atoms with van der Waals surface area (Å²) < 4.78 is 0. The maximum absolute atomic E-state index is 8.64. The van der Waals surface area contributed by atoms with Crippen molar-refractivity contribution in [3.8, 4) is 0 Å². The van der Waals surface area contributed by atoms with Gasteiger partial charge in [0, 0.05) is 6.04 Å². The van der Waals surface area contributed by atoms with Crippen LogP contribution in [0.3, 0.4) is 0 Å². The van der Waals surface area contributed by atoms with E-state index in [0.717, 1.165) is 0 Å². The molecule has 0 aromatic heterocycles. The normalized spacial score (nSPS) is 18.8. The Morgan fingerprint density at radius 2 is 1.62 bits per heavy atom. The highest BCUT2D eigenvalue weighted by molar-refractivity contribution is 4.68. The molecule has 8 heavy (non-hydrogen) atoms. The first-order valence-corrected chi connectivity index (χ1v) is 2.75. The average Bonchev–Trinajstić information content (AvgIpc) is 1.64. The number of hydrogen-bond acceptors (Lipinski definition) is 3. The van der Waals surface area contributed by atoms with E-state index in [0.29, 0.717) is 0 Å². The molecule has 0 aliphatic heterocycles. The van der Waals surface area contributed by atoms with Gasteiger partial charge in [-0.2, -0.15) is 0 Å². The molecule has 0 aromatic carbocycles. The Bertz CT molecular complexity index is 55.4. The zero-order chi connectivity index (χ0) is 6.73. The SMILES string of the molecule is CC(C)[C@H](N)C(N)O. The Morgan fingerprint density at radius 1 is 1.25 bits per heavy atom. The Labute approximate surface area is 49.7 Å². The van der Waals surface area contributed by atoms with Gasteiger partial charge in [-0.3, -0.25) is 0 Å². The third-order valence-electron chi connectivity index (χ3n) is 1.16. The Morgan fingerprint density at radius 3 is 1.62 bits per heavy atom. The predicted octanol–water partition coefficient (Wildman–Crippen LogP) is -0.753. The van der Waals surface area contributed by atoms with Gasteiger partial charge in [0.2, 0.25) is 0 Å². The molecule has 0 saturated carbocycles. The van der Waals surface area contributed by atoms with Crippen LogP contribution in [0.1, 0.15) is 13.8 Å². The van der Waals surface area contributed by atoms with Crippen LogP contribution in [0.25, 0.3) is 0 Å². The standard InChI is InChI=1S/C5H14N2O/c1-3(2)4(6)5(7)8/h3-5,8H,6-7H2,1-2H3/t4-,5?/m0/s1. The molecular weight excluding hydrogens is 104 g/mol. The molecule has 5 N–H and O–H groups in total. The molecule has 0 fully saturated rings. The average molecular weight is 118 g/mol. The summed E-state index contributed by atoms with van der Waals surface area (Å²) in [6.07, 6.45) is -0.880. The largest absolute Gasteiger partial charge is 0.377 e. The number of hydrogen-bond donors (Lipinski definition) is 3. The van der Waals surface area contributed by atoms with Crippen molar-refractivity contribution in [2.24, 2.45) is 17.4 Å². The summed E-state index contributed by atoms with van der Waals surface area (Å²) in [6, 6.07) is -0.296. The van der Waals surface area contributed by atoms with E-state index in [1.807, 2.05) is 13.8 Å². The summed E-state index contributed by atoms with van der Waals surface area (Å²) in [6.45, 7) is 3.83. The molecule has 0 aliphatic carbocycles. The summed E-state index contributed by atoms with van der Waals surface area (Å²) in [5, 5.41) is 8.64. The highest BCUT2D eigenvalue weighted by Gasteiger charge is 2.12. The van der Waals surface area contributed by atoms with Gasteiger partial charge in [0.15, 0.2) is 0 Å². The van der Waals surface area contributed by atoms with Crippen molar-refractivity contribution in [3.63, 3.8) is 0 Å². The van der Waals surface area contributed by atoms with Gasteiger partial charge in [-0.25, -0.2) is 0 Å². The lowest BCUT2D eigenvalue weighted by Crippen LogP contribution is -2.44. The van der Waals surface area contributed by atoms with E-state index in [9.17, 15) is 0 Å². The Hall–Kier alpha value is -0.120. The topological polar surface area (TPSA) is 72.3 Å². The van der Waals surface area contributed by atoms with E-state index in [2.05, 4.69) is 0 Å². The molecule has 0 saturated heterocycles. The van der Waals surface area contributed by atoms with Crippen molar-refractivity contribution >= 4 is 0 Å². The van der Waals surface area contributed by atoms with E-state index in [-0.39, 0.29) is 12.0 Å². The molecule has 50 valence electrons. The summed E-state index contributed by atoms with van der Waals surface area (Å²) in [7, 11) is 0. The molecule has 3 heteroatoms. The minimum Gasteiger partial charge on any atom is -0.377 e. The minimum absolute atomic E-state index is 0.245. The fourth-order valence-corrected chi connectivity index (χ4v) is 0.394. The van der Waals surface area contributed by atoms with Crippen LogP contribution < -0.4 is 11.5 Å². The van der Waals surface area contributed by atoms with Gasteiger partial charge in [-0.1, -0.05) is 13.8 Å². The van der Waals surface area contributed by atoms with Crippen LogP contribution in [-0.4, -0.2) is 17.4 Å². The predicted molar refractivity (Wildman–Crippen MR) is 33.0 cm³/mol. The van der Waals surface area contributed by atoms with Crippen LogP contribution in [0.4, 0.5) is 0 Å². The lowest BCUT2D eigenvalue weighted by Gasteiger charge is -2.17. The molecule has 0 amide bonds. The summed E-state index contributed by atoms with van der Waals surface area (Å²) >= 11 is 0. The summed E-state index contributed by atoms with van der Waals surface area (Å²) in [4.78, 5) is 0. The second kappa shape index (κ2) is 3.02. The molecule has 0 aliphatic rings. The highest BCUT2D eigenvalue weighted by Crippen LogP contribution is 1.98. The van der Waals surface area contributed by atoms with Gasteiger partial charge in [0.1, 0.15) is 6.23 Å². The fraction of sp³-hybridized carbons (Fsp3) is 1.00. The van der Waals surface area contributed by atoms with Gasteiger partial charge in [-0.15, -0.1) is 0 Å². The number of nitrogens with two attached hydrogens (primary N) is 2. The first-order valence-electron chi connectivity index (χ1n) is 2.75. The number of aliphatic hydroxyl groups is 1. The van der Waals surface area contributed by atoms with E-state index in [1.165, 1.54) is 0 Å². The first-order chi connectivity index (χ1) is 3.55. The molecule has 0 spiro atoms. The maximum atomic E-state index is 8.64. The monoisotopic (exact) mass is 118 g/mol. The second-order valence-electron chi connectivity index (χ2n) is 2.31. The molecular formula is C5H14N2O. The zero-order valence-electron chi connectivity index (χ0n) is 5.33. The molecule has 1 unspecified atom stereocenters. The second-order valence-corrected chi connectivity index (χ2v) is 2.31. The smallest absolute Gasteiger partial charge is 0.117 e. The maximum Gasteiger partial charge on any atom is 0.117 e. The fourth-order valence-electron chi connectivity index (χ4n) is 0.394. The van der Waals surface area contributed by atoms with E-state index < -0.39 is 6.23 Å². The molecule has 2 atom stereocenters. The van der Waals surface area contributed by atoms with Crippen LogP contribution >= 0.6 is 0 Å². The third kappa shape index (κ3) is 2.26. The summed E-state index contributed by atoms with van der Waals surface area (Å²) in [5.74, 6) is 0.245. The van der Waals surface area contributed by atoms with E-state index >= 15 is 0 Å². The van der Waals surface area contributed by atoms with Crippen molar-refractivity contribution in [1.29, 1.82) is 0 Å². The Balaban J connectivity index is 3.46. The van der Waals surface area contributed by atoms with Crippen molar-refractivity contribution in [2.75, 3.05) is 0 Å². The molecule has 0 radical (unpaired) electrons. The summed E-state index contributed by atoms with van der Waals surface area (Å²) in [5.41, 5.74) is 10.5. The van der Waals surface area contributed by atoms with Crippen LogP contribution in [0.5, 0.6) is 0 Å². The van der Waals surface area contributed by atoms with Crippen LogP contribution in [0.2, 0.25) is 0 Å². The van der Waals surface area contributed by atoms with Crippen molar-refractivity contribution in [1.82, 2.24) is 0 Å². The molecule has 0 aromatic rings. The first kappa shape index (κ1) is 7.88. The third-order valence-corrected chi connectivity index (χ3v) is 1.16. The zero-order valence-corrected chi connectivity index (χ0v) is 5.33. The number of aliphatic hydroxyl groups excluding tert-OH is 1. The van der Waals surface area contributed by atoms with Crippen molar-refractivity contribution in [2.45, 2.75) is 26.1 Å².